The van der Waals surface area contributed by atoms with Crippen molar-refractivity contribution in [3.05, 3.63) is 60.4 Å². The molecule has 0 atom stereocenters. The van der Waals surface area contributed by atoms with Gasteiger partial charge in [0.15, 0.2) is 0 Å². The number of pyridine rings is 1. The van der Waals surface area contributed by atoms with Crippen LogP contribution in [0.5, 0.6) is 0 Å². The molecule has 0 aliphatic rings. The van der Waals surface area contributed by atoms with Gasteiger partial charge in [0.05, 0.1) is 17.4 Å². The number of carbonyl (C=O) groups is 1. The van der Waals surface area contributed by atoms with Crippen molar-refractivity contribution < 1.29 is 9.90 Å². The Hall–Kier alpha value is -3.12. The Kier molecular flexibility index (Phi) is 4.05. The number of fused-ring (bicyclic) bond motifs is 1. The van der Waals surface area contributed by atoms with E-state index in [2.05, 4.69) is 4.98 Å². The van der Waals surface area contributed by atoms with Gasteiger partial charge in [-0.3, -0.25) is 10.4 Å². The van der Waals surface area contributed by atoms with Crippen LogP contribution in [0.3, 0.4) is 0 Å². The Morgan fingerprint density at radius 3 is 2.62 bits per heavy atom. The Balaban J connectivity index is 2.11. The maximum atomic E-state index is 11.1. The number of guanidine groups is 1. The molecule has 3 rings (SSSR count). The number of carboxylic acid groups (broad SMARTS) is 1. The van der Waals surface area contributed by atoms with Crippen LogP contribution in [0, 0.1) is 5.41 Å². The zero-order valence-corrected chi connectivity index (χ0v) is 13.2. The van der Waals surface area contributed by atoms with Gasteiger partial charge in [-0.2, -0.15) is 0 Å². The molecular formula is C17H13ClN4O2. The molecular weight excluding hydrogens is 328 g/mol. The fourth-order valence-corrected chi connectivity index (χ4v) is 2.59. The number of hydrogen-bond donors (Lipinski definition) is 3. The molecule has 0 aliphatic carbocycles. The van der Waals surface area contributed by atoms with Crippen molar-refractivity contribution in [1.82, 2.24) is 4.98 Å². The standard InChI is InChI=1S/C17H13ClN4O2/c18-22(17(19)20)15-9-21-8-13-7-11(4-5-14(13)15)10-2-1-3-12(6-10)16(23)24/h1-9H,(H3,19,20)(H,23,24). The van der Waals surface area contributed by atoms with E-state index >= 15 is 0 Å². The highest BCUT2D eigenvalue weighted by Gasteiger charge is 2.12. The van der Waals surface area contributed by atoms with E-state index in [-0.39, 0.29) is 11.5 Å². The molecule has 0 bridgehead atoms. The Morgan fingerprint density at radius 2 is 1.92 bits per heavy atom. The molecule has 0 fully saturated rings. The number of nitrogens with two attached hydrogens (primary N) is 1. The van der Waals surface area contributed by atoms with Crippen LogP contribution in [0.15, 0.2) is 54.9 Å². The molecule has 0 unspecified atom stereocenters. The third-order valence-electron chi connectivity index (χ3n) is 3.60. The van der Waals surface area contributed by atoms with Crippen LogP contribution in [-0.4, -0.2) is 22.0 Å². The van der Waals surface area contributed by atoms with E-state index in [1.165, 1.54) is 6.20 Å². The summed E-state index contributed by atoms with van der Waals surface area (Å²) in [5.74, 6) is -1.27. The maximum Gasteiger partial charge on any atom is 0.335 e. The Morgan fingerprint density at radius 1 is 1.17 bits per heavy atom. The van der Waals surface area contributed by atoms with Crippen LogP contribution in [0.4, 0.5) is 5.69 Å². The van der Waals surface area contributed by atoms with Crippen LogP contribution in [0.1, 0.15) is 10.4 Å². The first-order valence-corrected chi connectivity index (χ1v) is 7.32. The average molecular weight is 341 g/mol. The first-order valence-electron chi connectivity index (χ1n) is 6.99. The first kappa shape index (κ1) is 15.8. The van der Waals surface area contributed by atoms with Crippen molar-refractivity contribution in [1.29, 1.82) is 5.41 Å². The van der Waals surface area contributed by atoms with Crippen LogP contribution < -0.4 is 10.2 Å². The van der Waals surface area contributed by atoms with Gasteiger partial charge in [0.1, 0.15) is 0 Å². The van der Waals surface area contributed by atoms with Gasteiger partial charge in [-0.1, -0.05) is 24.3 Å². The minimum absolute atomic E-state index is 0.225. The molecule has 4 N–H and O–H groups in total. The van der Waals surface area contributed by atoms with Gasteiger partial charge in [-0.25, -0.2) is 9.21 Å². The van der Waals surface area contributed by atoms with Crippen molar-refractivity contribution in [3.63, 3.8) is 0 Å². The first-order chi connectivity index (χ1) is 11.5. The number of halogens is 1. The molecule has 24 heavy (non-hydrogen) atoms. The van der Waals surface area contributed by atoms with E-state index in [9.17, 15) is 4.79 Å². The lowest BCUT2D eigenvalue weighted by Crippen LogP contribution is -2.28. The molecule has 0 radical (unpaired) electrons. The predicted molar refractivity (Wildman–Crippen MR) is 94.4 cm³/mol. The molecule has 0 aliphatic heterocycles. The lowest BCUT2D eigenvalue weighted by Gasteiger charge is -2.15. The van der Waals surface area contributed by atoms with Gasteiger partial charge >= 0.3 is 5.97 Å². The molecule has 7 heteroatoms. The summed E-state index contributed by atoms with van der Waals surface area (Å²) in [4.78, 5) is 15.2. The molecule has 6 nitrogen and oxygen atoms in total. The quantitative estimate of drug-likeness (QED) is 0.385. The molecule has 1 heterocycles. The summed E-state index contributed by atoms with van der Waals surface area (Å²) in [6, 6.07) is 12.3. The summed E-state index contributed by atoms with van der Waals surface area (Å²) in [6.45, 7) is 0. The second-order valence-electron chi connectivity index (χ2n) is 5.15. The summed E-state index contributed by atoms with van der Waals surface area (Å²) in [5.41, 5.74) is 7.79. The second-order valence-corrected chi connectivity index (χ2v) is 5.48. The zero-order valence-electron chi connectivity index (χ0n) is 12.4. The van der Waals surface area contributed by atoms with E-state index in [1.807, 2.05) is 24.3 Å². The van der Waals surface area contributed by atoms with Crippen molar-refractivity contribution in [2.75, 3.05) is 4.42 Å². The molecule has 3 aromatic rings. The van der Waals surface area contributed by atoms with E-state index < -0.39 is 5.97 Å². The number of aromatic carboxylic acids is 1. The number of nitrogens with zero attached hydrogens (tertiary/aromatic N) is 2. The van der Waals surface area contributed by atoms with Crippen molar-refractivity contribution in [2.24, 2.45) is 5.73 Å². The molecule has 1 aromatic heterocycles. The number of benzene rings is 2. The largest absolute Gasteiger partial charge is 0.478 e. The molecule has 0 spiro atoms. The Labute approximate surface area is 142 Å². The normalized spacial score (nSPS) is 10.5. The minimum atomic E-state index is -0.971. The highest BCUT2D eigenvalue weighted by atomic mass is 35.5. The number of aromatic nitrogens is 1. The van der Waals surface area contributed by atoms with Gasteiger partial charge in [-0.15, -0.1) is 0 Å². The molecule has 0 saturated carbocycles. The summed E-state index contributed by atoms with van der Waals surface area (Å²) in [7, 11) is 0. The molecule has 0 amide bonds. The average Bonchev–Trinajstić information content (AvgIpc) is 2.60. The summed E-state index contributed by atoms with van der Waals surface area (Å²) in [5, 5.41) is 18.1. The lowest BCUT2D eigenvalue weighted by molar-refractivity contribution is 0.0697. The van der Waals surface area contributed by atoms with E-state index in [0.29, 0.717) is 5.69 Å². The van der Waals surface area contributed by atoms with Crippen LogP contribution in [0.2, 0.25) is 0 Å². The van der Waals surface area contributed by atoms with Gasteiger partial charge in [0, 0.05) is 28.7 Å². The fourth-order valence-electron chi connectivity index (χ4n) is 2.46. The summed E-state index contributed by atoms with van der Waals surface area (Å²) in [6.07, 6.45) is 3.20. The van der Waals surface area contributed by atoms with Crippen molar-refractivity contribution >= 4 is 40.2 Å². The van der Waals surface area contributed by atoms with E-state index in [0.717, 1.165) is 26.3 Å². The molecule has 120 valence electrons. The van der Waals surface area contributed by atoms with Gasteiger partial charge in [0.25, 0.3) is 0 Å². The van der Waals surface area contributed by atoms with Crippen molar-refractivity contribution in [3.8, 4) is 11.1 Å². The number of anilines is 1. The van der Waals surface area contributed by atoms with Crippen LogP contribution in [0.25, 0.3) is 21.9 Å². The van der Waals surface area contributed by atoms with Gasteiger partial charge < -0.3 is 10.8 Å². The maximum absolute atomic E-state index is 11.1. The highest BCUT2D eigenvalue weighted by Crippen LogP contribution is 2.31. The number of carboxylic acids is 1. The van der Waals surface area contributed by atoms with E-state index in [1.54, 1.807) is 24.4 Å². The third kappa shape index (κ3) is 2.87. The van der Waals surface area contributed by atoms with Crippen LogP contribution >= 0.6 is 11.8 Å². The summed E-state index contributed by atoms with van der Waals surface area (Å²) < 4.78 is 1.03. The zero-order chi connectivity index (χ0) is 17.3. The predicted octanol–water partition coefficient (Wildman–Crippen LogP) is 3.45. The monoisotopic (exact) mass is 340 g/mol. The second kappa shape index (κ2) is 6.17. The third-order valence-corrected chi connectivity index (χ3v) is 3.97. The lowest BCUT2D eigenvalue weighted by atomic mass is 10.00. The number of rotatable bonds is 3. The molecule has 0 saturated heterocycles. The topological polar surface area (TPSA) is 103 Å². The van der Waals surface area contributed by atoms with E-state index in [4.69, 9.17) is 28.0 Å². The highest BCUT2D eigenvalue weighted by molar-refractivity contribution is 6.38. The van der Waals surface area contributed by atoms with Crippen LogP contribution in [-0.2, 0) is 0 Å². The minimum Gasteiger partial charge on any atom is -0.478 e. The number of hydrogen-bond acceptors (Lipinski definition) is 3. The smallest absolute Gasteiger partial charge is 0.335 e. The summed E-state index contributed by atoms with van der Waals surface area (Å²) >= 11 is 6.01. The Bertz CT molecular complexity index is 958. The molecule has 2 aromatic carbocycles. The van der Waals surface area contributed by atoms with Gasteiger partial charge in [0.2, 0.25) is 5.96 Å². The SMILES string of the molecule is N=C(N)N(Cl)c1cncc2cc(-c3cccc(C(=O)O)c3)ccc12. The number of nitrogens with one attached hydrogen (secondary N) is 1. The fraction of sp³-hybridized carbons (Fsp3) is 0. The van der Waals surface area contributed by atoms with Gasteiger partial charge in [-0.05, 0) is 29.3 Å². The van der Waals surface area contributed by atoms with Crippen molar-refractivity contribution in [2.45, 2.75) is 0 Å².